The van der Waals surface area contributed by atoms with Gasteiger partial charge in [-0.2, -0.15) is 0 Å². The van der Waals surface area contributed by atoms with Gasteiger partial charge in [0.05, 0.1) is 6.61 Å². The summed E-state index contributed by atoms with van der Waals surface area (Å²) in [4.78, 5) is 27.3. The van der Waals surface area contributed by atoms with Crippen LogP contribution in [0.1, 0.15) is 32.8 Å². The highest BCUT2D eigenvalue weighted by Crippen LogP contribution is 2.17. The normalized spacial score (nSPS) is 10.3. The topological polar surface area (TPSA) is 65.5 Å². The lowest BCUT2D eigenvalue weighted by Crippen LogP contribution is -2.09. The van der Waals surface area contributed by atoms with E-state index < -0.39 is 5.97 Å². The number of carbonyl (C=O) groups excluding carboxylic acids is 2. The third-order valence-corrected chi connectivity index (χ3v) is 3.30. The second kappa shape index (κ2) is 6.40. The molecule has 0 atom stereocenters. The summed E-state index contributed by atoms with van der Waals surface area (Å²) in [6.07, 6.45) is 0. The van der Waals surface area contributed by atoms with Crippen LogP contribution in [0.15, 0.2) is 29.6 Å². The van der Waals surface area contributed by atoms with E-state index >= 15 is 0 Å². The van der Waals surface area contributed by atoms with Crippen LogP contribution in [0.3, 0.4) is 0 Å². The van der Waals surface area contributed by atoms with E-state index in [1.54, 1.807) is 30.7 Å². The van der Waals surface area contributed by atoms with Gasteiger partial charge in [0.15, 0.2) is 11.5 Å². The minimum absolute atomic E-state index is 0.0843. The third-order valence-electron chi connectivity index (χ3n) is 2.48. The second-order valence-corrected chi connectivity index (χ2v) is 4.98. The zero-order valence-corrected chi connectivity index (χ0v) is 11.9. The molecule has 0 fully saturated rings. The maximum absolute atomic E-state index is 11.9. The quantitative estimate of drug-likeness (QED) is 0.481. The van der Waals surface area contributed by atoms with Crippen molar-refractivity contribution in [2.24, 2.45) is 0 Å². The van der Waals surface area contributed by atoms with Gasteiger partial charge in [0.25, 0.3) is 0 Å². The van der Waals surface area contributed by atoms with E-state index in [4.69, 9.17) is 9.47 Å². The Labute approximate surface area is 120 Å². The van der Waals surface area contributed by atoms with Gasteiger partial charge in [0.2, 0.25) is 0 Å². The van der Waals surface area contributed by atoms with Crippen LogP contribution in [0, 0.1) is 0 Å². The first kappa shape index (κ1) is 14.4. The van der Waals surface area contributed by atoms with Crippen LogP contribution in [0.5, 0.6) is 5.75 Å². The Bertz CT molecular complexity index is 636. The molecule has 1 aromatic heterocycles. The Kier molecular flexibility index (Phi) is 4.60. The molecule has 2 aromatic rings. The molecule has 0 amide bonds. The number of hydrogen-bond acceptors (Lipinski definition) is 6. The van der Waals surface area contributed by atoms with Crippen LogP contribution in [0.4, 0.5) is 0 Å². The molecular weight excluding hydrogens is 278 g/mol. The average Bonchev–Trinajstić information content (AvgIpc) is 2.88. The molecule has 6 heteroatoms. The van der Waals surface area contributed by atoms with Crippen molar-refractivity contribution in [1.82, 2.24) is 4.98 Å². The Morgan fingerprint density at radius 2 is 2.15 bits per heavy atom. The molecule has 0 unspecified atom stereocenters. The van der Waals surface area contributed by atoms with Crippen molar-refractivity contribution in [2.75, 3.05) is 7.11 Å². The van der Waals surface area contributed by atoms with Crippen molar-refractivity contribution in [2.45, 2.75) is 13.5 Å². The van der Waals surface area contributed by atoms with Crippen LogP contribution < -0.4 is 4.74 Å². The molecule has 5 nitrogen and oxygen atoms in total. The van der Waals surface area contributed by atoms with Crippen LogP contribution in [-0.4, -0.2) is 23.8 Å². The zero-order chi connectivity index (χ0) is 14.5. The van der Waals surface area contributed by atoms with Crippen LogP contribution >= 0.6 is 11.3 Å². The first-order valence-corrected chi connectivity index (χ1v) is 6.74. The molecule has 0 aliphatic heterocycles. The number of benzene rings is 1. The summed E-state index contributed by atoms with van der Waals surface area (Å²) in [6.45, 7) is 1.82. The lowest BCUT2D eigenvalue weighted by Gasteiger charge is -2.03. The fourth-order valence-electron chi connectivity index (χ4n) is 1.53. The summed E-state index contributed by atoms with van der Waals surface area (Å²) in [7, 11) is 1.56. The molecule has 2 rings (SSSR count). The van der Waals surface area contributed by atoms with E-state index in [0.717, 1.165) is 0 Å². The molecule has 0 N–H and O–H groups in total. The van der Waals surface area contributed by atoms with E-state index in [9.17, 15) is 9.59 Å². The first-order valence-electron chi connectivity index (χ1n) is 5.86. The molecule has 0 radical (unpaired) electrons. The summed E-state index contributed by atoms with van der Waals surface area (Å²) in [5, 5.41) is 2.32. The van der Waals surface area contributed by atoms with Gasteiger partial charge in [0, 0.05) is 18.1 Å². The summed E-state index contributed by atoms with van der Waals surface area (Å²) < 4.78 is 10.1. The number of ketones is 1. The SMILES string of the molecule is COCc1nc(C(=O)Oc2cccc(C(C)=O)c2)cs1. The van der Waals surface area contributed by atoms with Crippen molar-refractivity contribution in [3.8, 4) is 5.75 Å². The van der Waals surface area contributed by atoms with E-state index in [1.165, 1.54) is 24.3 Å². The number of methoxy groups -OCH3 is 1. The van der Waals surface area contributed by atoms with Crippen molar-refractivity contribution < 1.29 is 19.1 Å². The summed E-state index contributed by atoms with van der Waals surface area (Å²) in [6, 6.07) is 6.48. The summed E-state index contributed by atoms with van der Waals surface area (Å²) in [5.41, 5.74) is 0.726. The smallest absolute Gasteiger partial charge is 0.363 e. The van der Waals surface area contributed by atoms with E-state index in [0.29, 0.717) is 22.9 Å². The number of aromatic nitrogens is 1. The number of carbonyl (C=O) groups is 2. The predicted molar refractivity (Wildman–Crippen MR) is 74.2 cm³/mol. The van der Waals surface area contributed by atoms with Gasteiger partial charge in [-0.1, -0.05) is 12.1 Å². The third kappa shape index (κ3) is 3.49. The Morgan fingerprint density at radius 1 is 1.35 bits per heavy atom. The predicted octanol–water partition coefficient (Wildman–Crippen LogP) is 2.71. The van der Waals surface area contributed by atoms with Crippen LogP contribution in [-0.2, 0) is 11.3 Å². The molecule has 0 aliphatic carbocycles. The summed E-state index contributed by atoms with van der Waals surface area (Å²) in [5.74, 6) is -0.313. The largest absolute Gasteiger partial charge is 0.422 e. The van der Waals surface area contributed by atoms with Crippen LogP contribution in [0.25, 0.3) is 0 Å². The number of Topliss-reactive ketones (excluding diaryl/α,β-unsaturated/α-hetero) is 1. The Morgan fingerprint density at radius 3 is 2.85 bits per heavy atom. The van der Waals surface area contributed by atoms with Gasteiger partial charge in [-0.25, -0.2) is 9.78 Å². The first-order chi connectivity index (χ1) is 9.60. The molecule has 1 aromatic carbocycles. The molecule has 0 bridgehead atoms. The van der Waals surface area contributed by atoms with Crippen molar-refractivity contribution in [3.05, 3.63) is 45.9 Å². The molecule has 104 valence electrons. The number of thiazole rings is 1. The fourth-order valence-corrected chi connectivity index (χ4v) is 2.27. The molecule has 0 saturated carbocycles. The molecule has 20 heavy (non-hydrogen) atoms. The minimum atomic E-state index is -0.552. The van der Waals surface area contributed by atoms with Crippen molar-refractivity contribution in [3.63, 3.8) is 0 Å². The second-order valence-electron chi connectivity index (χ2n) is 4.03. The number of ether oxygens (including phenoxy) is 2. The van der Waals surface area contributed by atoms with Gasteiger partial charge in [-0.15, -0.1) is 11.3 Å². The van der Waals surface area contributed by atoms with Crippen LogP contribution in [0.2, 0.25) is 0 Å². The summed E-state index contributed by atoms with van der Waals surface area (Å²) >= 11 is 1.33. The Balaban J connectivity index is 2.10. The van der Waals surface area contributed by atoms with Gasteiger partial charge in [-0.05, 0) is 19.1 Å². The average molecular weight is 291 g/mol. The van der Waals surface area contributed by atoms with Gasteiger partial charge < -0.3 is 9.47 Å². The molecular formula is C14H13NO4S. The monoisotopic (exact) mass is 291 g/mol. The van der Waals surface area contributed by atoms with E-state index in [1.807, 2.05) is 0 Å². The van der Waals surface area contributed by atoms with Gasteiger partial charge in [0.1, 0.15) is 10.8 Å². The number of rotatable bonds is 5. The highest BCUT2D eigenvalue weighted by atomic mass is 32.1. The van der Waals surface area contributed by atoms with Crippen molar-refractivity contribution in [1.29, 1.82) is 0 Å². The lowest BCUT2D eigenvalue weighted by molar-refractivity contribution is 0.0727. The molecule has 1 heterocycles. The minimum Gasteiger partial charge on any atom is -0.422 e. The number of hydrogen-bond donors (Lipinski definition) is 0. The standard InChI is InChI=1S/C14H13NO4S/c1-9(16)10-4-3-5-11(6-10)19-14(17)12-8-20-13(15-12)7-18-2/h3-6,8H,7H2,1-2H3. The maximum Gasteiger partial charge on any atom is 0.363 e. The van der Waals surface area contributed by atoms with E-state index in [2.05, 4.69) is 4.98 Å². The number of esters is 1. The van der Waals surface area contributed by atoms with Gasteiger partial charge in [-0.3, -0.25) is 4.79 Å². The van der Waals surface area contributed by atoms with E-state index in [-0.39, 0.29) is 11.5 Å². The maximum atomic E-state index is 11.9. The van der Waals surface area contributed by atoms with Crippen molar-refractivity contribution >= 4 is 23.1 Å². The molecule has 0 spiro atoms. The fraction of sp³-hybridized carbons (Fsp3) is 0.214. The van der Waals surface area contributed by atoms with Gasteiger partial charge >= 0.3 is 5.97 Å². The lowest BCUT2D eigenvalue weighted by atomic mass is 10.1. The molecule has 0 aliphatic rings. The highest BCUT2D eigenvalue weighted by Gasteiger charge is 2.13. The Hall–Kier alpha value is -2.05. The zero-order valence-electron chi connectivity index (χ0n) is 11.1. The number of nitrogens with zero attached hydrogens (tertiary/aromatic N) is 1. The molecule has 0 saturated heterocycles. The highest BCUT2D eigenvalue weighted by molar-refractivity contribution is 7.09.